The Hall–Kier alpha value is -4.39. The van der Waals surface area contributed by atoms with Crippen LogP contribution in [0.5, 0.6) is 11.6 Å². The number of aromatic nitrogens is 6. The van der Waals surface area contributed by atoms with Crippen molar-refractivity contribution in [2.45, 2.75) is 12.7 Å². The van der Waals surface area contributed by atoms with Crippen LogP contribution >= 0.6 is 11.3 Å². The number of tetrazole rings is 1. The number of alkyl halides is 2. The summed E-state index contributed by atoms with van der Waals surface area (Å²) in [5.74, 6) is -0.834. The molecule has 0 saturated carbocycles. The van der Waals surface area contributed by atoms with Gasteiger partial charge in [0.25, 0.3) is 0 Å². The summed E-state index contributed by atoms with van der Waals surface area (Å²) in [5, 5.41) is 16.2. The van der Waals surface area contributed by atoms with Crippen LogP contribution in [0.3, 0.4) is 0 Å². The van der Waals surface area contributed by atoms with Crippen LogP contribution in [-0.2, 0) is 18.4 Å². The van der Waals surface area contributed by atoms with Crippen molar-refractivity contribution in [1.82, 2.24) is 30.2 Å². The lowest BCUT2D eigenvalue weighted by Gasteiger charge is -2.16. The standard InChI is InChI=1S/C22H17F2N7O3S/c1-31-18(28-29-30-31)17-15-9-5-6-10-16(15)26-19(17)33-11-13-12-35-21(25-13)27-20(32)22(23,24)34-14-7-3-2-4-8-14/h2-10,12,26H,11H2,1H3,(H,25,27,32). The zero-order valence-electron chi connectivity index (χ0n) is 18.1. The third-order valence-corrected chi connectivity index (χ3v) is 5.71. The van der Waals surface area contributed by atoms with E-state index in [1.165, 1.54) is 28.9 Å². The molecule has 13 heteroatoms. The first kappa shape index (κ1) is 22.4. The van der Waals surface area contributed by atoms with Crippen molar-refractivity contribution in [2.75, 3.05) is 5.32 Å². The van der Waals surface area contributed by atoms with Gasteiger partial charge >= 0.3 is 12.0 Å². The van der Waals surface area contributed by atoms with Gasteiger partial charge < -0.3 is 14.5 Å². The Kier molecular flexibility index (Phi) is 5.82. The van der Waals surface area contributed by atoms with Crippen molar-refractivity contribution in [2.24, 2.45) is 7.05 Å². The second-order valence-electron chi connectivity index (χ2n) is 7.32. The number of nitrogens with one attached hydrogen (secondary N) is 2. The van der Waals surface area contributed by atoms with Gasteiger partial charge in [-0.1, -0.05) is 36.4 Å². The summed E-state index contributed by atoms with van der Waals surface area (Å²) in [6, 6.07) is 14.9. The molecule has 0 aliphatic rings. The van der Waals surface area contributed by atoms with Crippen LogP contribution in [0.4, 0.5) is 13.9 Å². The van der Waals surface area contributed by atoms with Crippen molar-refractivity contribution in [3.05, 3.63) is 65.7 Å². The predicted octanol–water partition coefficient (Wildman–Crippen LogP) is 4.00. The summed E-state index contributed by atoms with van der Waals surface area (Å²) < 4.78 is 40.3. The number of rotatable bonds is 8. The van der Waals surface area contributed by atoms with Crippen LogP contribution in [0.15, 0.2) is 60.0 Å². The number of anilines is 1. The molecule has 178 valence electrons. The largest absolute Gasteiger partial charge is 0.482 e. The molecule has 35 heavy (non-hydrogen) atoms. The SMILES string of the molecule is Cn1nnnc1-c1c(OCc2csc(NC(=O)C(F)(F)Oc3ccccc3)n2)[nH]c2ccccc12. The molecule has 0 spiro atoms. The molecule has 0 aliphatic carbocycles. The molecular formula is C22H17F2N7O3S. The molecule has 2 aromatic carbocycles. The fourth-order valence-corrected chi connectivity index (χ4v) is 4.01. The van der Waals surface area contributed by atoms with Crippen molar-refractivity contribution < 1.29 is 23.0 Å². The first-order valence-corrected chi connectivity index (χ1v) is 11.1. The Morgan fingerprint density at radius 3 is 2.71 bits per heavy atom. The Morgan fingerprint density at radius 2 is 1.94 bits per heavy atom. The van der Waals surface area contributed by atoms with Crippen LogP contribution in [0.1, 0.15) is 5.69 Å². The van der Waals surface area contributed by atoms with Gasteiger partial charge in [0.1, 0.15) is 12.4 Å². The van der Waals surface area contributed by atoms with Crippen LogP contribution in [0.25, 0.3) is 22.3 Å². The van der Waals surface area contributed by atoms with Crippen LogP contribution in [-0.4, -0.2) is 42.2 Å². The van der Waals surface area contributed by atoms with Crippen LogP contribution in [0.2, 0.25) is 0 Å². The predicted molar refractivity (Wildman–Crippen MR) is 123 cm³/mol. The fraction of sp³-hybridized carbons (Fsp3) is 0.136. The van der Waals surface area contributed by atoms with Crippen molar-refractivity contribution in [1.29, 1.82) is 0 Å². The lowest BCUT2D eigenvalue weighted by molar-refractivity contribution is -0.187. The number of nitrogens with zero attached hydrogens (tertiary/aromatic N) is 5. The Balaban J connectivity index is 1.29. The average molecular weight is 497 g/mol. The number of carbonyl (C=O) groups excluding carboxylic acids is 1. The third kappa shape index (κ3) is 4.66. The van der Waals surface area contributed by atoms with E-state index in [1.807, 2.05) is 24.3 Å². The number of halogens is 2. The molecule has 0 radical (unpaired) electrons. The molecular weight excluding hydrogens is 480 g/mol. The minimum atomic E-state index is -4.08. The number of aryl methyl sites for hydroxylation is 1. The number of fused-ring (bicyclic) bond motifs is 1. The van der Waals surface area contributed by atoms with E-state index in [4.69, 9.17) is 4.74 Å². The summed E-state index contributed by atoms with van der Waals surface area (Å²) in [5.41, 5.74) is 1.93. The maximum absolute atomic E-state index is 14.2. The monoisotopic (exact) mass is 497 g/mol. The Labute approximate surface area is 200 Å². The molecule has 1 amide bonds. The smallest absolute Gasteiger partial charge is 0.472 e. The lowest BCUT2D eigenvalue weighted by Crippen LogP contribution is -2.39. The summed E-state index contributed by atoms with van der Waals surface area (Å²) in [6.45, 7) is 0.00831. The minimum Gasteiger partial charge on any atom is -0.472 e. The summed E-state index contributed by atoms with van der Waals surface area (Å²) in [6.07, 6.45) is -4.08. The Bertz CT molecular complexity index is 1480. The number of ether oxygens (including phenoxy) is 2. The van der Waals surface area contributed by atoms with Gasteiger partial charge in [-0.15, -0.1) is 16.4 Å². The molecule has 10 nitrogen and oxygen atoms in total. The highest BCUT2D eigenvalue weighted by Crippen LogP contribution is 2.36. The van der Waals surface area contributed by atoms with E-state index in [9.17, 15) is 13.6 Å². The van der Waals surface area contributed by atoms with Crippen LogP contribution < -0.4 is 14.8 Å². The quantitative estimate of drug-likeness (QED) is 0.332. The maximum Gasteiger partial charge on any atom is 0.482 e. The molecule has 5 rings (SSSR count). The van der Waals surface area contributed by atoms with Gasteiger partial charge in [-0.2, -0.15) is 8.78 Å². The van der Waals surface area contributed by atoms with Gasteiger partial charge in [0, 0.05) is 23.3 Å². The third-order valence-electron chi connectivity index (χ3n) is 4.91. The van der Waals surface area contributed by atoms with Gasteiger partial charge in [0.15, 0.2) is 11.0 Å². The molecule has 3 heterocycles. The lowest BCUT2D eigenvalue weighted by atomic mass is 10.1. The first-order chi connectivity index (χ1) is 16.9. The minimum absolute atomic E-state index is 0.00831. The van der Waals surface area contributed by atoms with E-state index in [0.717, 1.165) is 22.2 Å². The zero-order chi connectivity index (χ0) is 24.4. The number of thiazole rings is 1. The van der Waals surface area contributed by atoms with E-state index in [0.29, 0.717) is 23.0 Å². The number of carbonyl (C=O) groups is 1. The molecule has 2 N–H and O–H groups in total. The number of aromatic amines is 1. The van der Waals surface area contributed by atoms with E-state index in [-0.39, 0.29) is 17.5 Å². The second-order valence-corrected chi connectivity index (χ2v) is 8.18. The van der Waals surface area contributed by atoms with Crippen molar-refractivity contribution in [3.63, 3.8) is 0 Å². The topological polar surface area (TPSA) is 120 Å². The molecule has 0 unspecified atom stereocenters. The molecule has 3 aromatic heterocycles. The summed E-state index contributed by atoms with van der Waals surface area (Å²) in [4.78, 5) is 19.4. The molecule has 0 bridgehead atoms. The van der Waals surface area contributed by atoms with Crippen molar-refractivity contribution in [3.8, 4) is 23.0 Å². The molecule has 0 saturated heterocycles. The van der Waals surface area contributed by atoms with Crippen LogP contribution in [0, 0.1) is 0 Å². The molecule has 0 aliphatic heterocycles. The highest BCUT2D eigenvalue weighted by Gasteiger charge is 2.42. The number of para-hydroxylation sites is 2. The van der Waals surface area contributed by atoms with Gasteiger partial charge in [-0.25, -0.2) is 9.67 Å². The second kappa shape index (κ2) is 9.10. The van der Waals surface area contributed by atoms with E-state index >= 15 is 0 Å². The van der Waals surface area contributed by atoms with Gasteiger partial charge in [0.05, 0.1) is 11.3 Å². The first-order valence-electron chi connectivity index (χ1n) is 10.2. The number of hydrogen-bond donors (Lipinski definition) is 2. The highest BCUT2D eigenvalue weighted by atomic mass is 32.1. The van der Waals surface area contributed by atoms with E-state index < -0.39 is 12.0 Å². The Morgan fingerprint density at radius 1 is 1.17 bits per heavy atom. The number of hydrogen-bond acceptors (Lipinski definition) is 8. The molecule has 5 aromatic rings. The highest BCUT2D eigenvalue weighted by molar-refractivity contribution is 7.13. The van der Waals surface area contributed by atoms with Gasteiger partial charge in [-0.3, -0.25) is 10.1 Å². The maximum atomic E-state index is 14.2. The average Bonchev–Trinajstić information content (AvgIpc) is 3.56. The fourth-order valence-electron chi connectivity index (χ4n) is 3.32. The number of amides is 1. The normalized spacial score (nSPS) is 11.5. The van der Waals surface area contributed by atoms with E-state index in [2.05, 4.69) is 35.5 Å². The number of benzene rings is 2. The van der Waals surface area contributed by atoms with Crippen molar-refractivity contribution >= 4 is 33.3 Å². The van der Waals surface area contributed by atoms with E-state index in [1.54, 1.807) is 18.5 Å². The molecule has 0 fully saturated rings. The van der Waals surface area contributed by atoms with Gasteiger partial charge in [0.2, 0.25) is 5.88 Å². The zero-order valence-corrected chi connectivity index (χ0v) is 18.9. The summed E-state index contributed by atoms with van der Waals surface area (Å²) in [7, 11) is 1.72. The number of H-pyrrole nitrogens is 1. The summed E-state index contributed by atoms with van der Waals surface area (Å²) >= 11 is 0.986. The molecule has 0 atom stereocenters. The van der Waals surface area contributed by atoms with Gasteiger partial charge in [-0.05, 0) is 28.6 Å².